The van der Waals surface area contributed by atoms with Crippen LogP contribution in [0.3, 0.4) is 0 Å². The smallest absolute Gasteiger partial charge is 0.383 e. The third-order valence-electron chi connectivity index (χ3n) is 1.73. The van der Waals surface area contributed by atoms with E-state index < -0.39 is 12.7 Å². The van der Waals surface area contributed by atoms with E-state index in [1.807, 2.05) is 0 Å². The van der Waals surface area contributed by atoms with Gasteiger partial charge < -0.3 is 15.0 Å². The Morgan fingerprint density at radius 2 is 2.06 bits per heavy atom. The number of halogens is 3. The van der Waals surface area contributed by atoms with Crippen molar-refractivity contribution in [3.63, 3.8) is 0 Å². The van der Waals surface area contributed by atoms with Crippen LogP contribution in [0.4, 0.5) is 13.2 Å². The lowest BCUT2D eigenvalue weighted by atomic mass is 10.4. The number of nitrogens with zero attached hydrogens (tertiary/aromatic N) is 1. The maximum absolute atomic E-state index is 12.2. The van der Waals surface area contributed by atoms with E-state index in [2.05, 4.69) is 5.32 Å². The Morgan fingerprint density at radius 1 is 1.44 bits per heavy atom. The van der Waals surface area contributed by atoms with Crippen LogP contribution in [0, 0.1) is 0 Å². The molecule has 96 valence electrons. The van der Waals surface area contributed by atoms with Gasteiger partial charge in [0.25, 0.3) is 0 Å². The Balaban J connectivity index is 4.13. The van der Waals surface area contributed by atoms with Gasteiger partial charge in [0.2, 0.25) is 0 Å². The van der Waals surface area contributed by atoms with Crippen LogP contribution in [0.2, 0.25) is 0 Å². The highest BCUT2D eigenvalue weighted by Crippen LogP contribution is 2.16. The maximum Gasteiger partial charge on any atom is 0.406 e. The molecule has 0 saturated heterocycles. The fourth-order valence-corrected chi connectivity index (χ4v) is 1.37. The SMILES string of the molecule is CCCN(CC(F)(F)F)C(=S)NCCOC. The van der Waals surface area contributed by atoms with Gasteiger partial charge in [0, 0.05) is 20.2 Å². The average Bonchev–Trinajstić information content (AvgIpc) is 2.15. The topological polar surface area (TPSA) is 24.5 Å². The molecule has 0 saturated carbocycles. The summed E-state index contributed by atoms with van der Waals surface area (Å²) in [5.74, 6) is 0. The number of hydrogen-bond acceptors (Lipinski definition) is 2. The zero-order valence-electron chi connectivity index (χ0n) is 9.43. The lowest BCUT2D eigenvalue weighted by molar-refractivity contribution is -0.137. The molecule has 0 aliphatic carbocycles. The molecule has 0 atom stereocenters. The molecule has 0 aliphatic rings. The van der Waals surface area contributed by atoms with Gasteiger partial charge in [0.05, 0.1) is 6.61 Å². The fraction of sp³-hybridized carbons (Fsp3) is 0.889. The van der Waals surface area contributed by atoms with Gasteiger partial charge in [0.15, 0.2) is 5.11 Å². The first-order valence-electron chi connectivity index (χ1n) is 4.99. The molecule has 0 amide bonds. The summed E-state index contributed by atoms with van der Waals surface area (Å²) in [5.41, 5.74) is 0. The molecule has 0 fully saturated rings. The Hall–Kier alpha value is -0.560. The third kappa shape index (κ3) is 7.70. The first-order valence-corrected chi connectivity index (χ1v) is 5.40. The standard InChI is InChI=1S/C9H17F3N2OS/c1-3-5-14(7-9(10,11)12)8(16)13-4-6-15-2/h3-7H2,1-2H3,(H,13,16). The highest BCUT2D eigenvalue weighted by molar-refractivity contribution is 7.80. The maximum atomic E-state index is 12.2. The summed E-state index contributed by atoms with van der Waals surface area (Å²) in [6, 6.07) is 0. The van der Waals surface area contributed by atoms with Gasteiger partial charge in [-0.1, -0.05) is 6.92 Å². The molecule has 0 radical (unpaired) electrons. The van der Waals surface area contributed by atoms with Crippen molar-refractivity contribution in [3.05, 3.63) is 0 Å². The summed E-state index contributed by atoms with van der Waals surface area (Å²) in [6.45, 7) is 1.90. The van der Waals surface area contributed by atoms with Gasteiger partial charge in [0.1, 0.15) is 6.54 Å². The molecule has 16 heavy (non-hydrogen) atoms. The van der Waals surface area contributed by atoms with Crippen LogP contribution < -0.4 is 5.32 Å². The van der Waals surface area contributed by atoms with Crippen molar-refractivity contribution in [2.24, 2.45) is 0 Å². The predicted molar refractivity (Wildman–Crippen MR) is 60.4 cm³/mol. The summed E-state index contributed by atoms with van der Waals surface area (Å²) in [4.78, 5) is 1.12. The van der Waals surface area contributed by atoms with E-state index >= 15 is 0 Å². The molecular formula is C9H17F3N2OS. The van der Waals surface area contributed by atoms with Gasteiger partial charge in [-0.25, -0.2) is 0 Å². The van der Waals surface area contributed by atoms with Crippen molar-refractivity contribution < 1.29 is 17.9 Å². The van der Waals surface area contributed by atoms with E-state index in [4.69, 9.17) is 17.0 Å². The molecule has 0 aromatic heterocycles. The number of rotatable bonds is 6. The van der Waals surface area contributed by atoms with Crippen molar-refractivity contribution in [1.29, 1.82) is 0 Å². The van der Waals surface area contributed by atoms with Crippen molar-refractivity contribution in [2.45, 2.75) is 19.5 Å². The van der Waals surface area contributed by atoms with E-state index in [9.17, 15) is 13.2 Å². The van der Waals surface area contributed by atoms with E-state index in [1.54, 1.807) is 6.92 Å². The van der Waals surface area contributed by atoms with Crippen molar-refractivity contribution in [2.75, 3.05) is 33.4 Å². The minimum atomic E-state index is -4.23. The van der Waals surface area contributed by atoms with Crippen LogP contribution >= 0.6 is 12.2 Å². The van der Waals surface area contributed by atoms with Gasteiger partial charge in [-0.3, -0.25) is 0 Å². The Bertz CT molecular complexity index is 211. The first kappa shape index (κ1) is 15.4. The van der Waals surface area contributed by atoms with Gasteiger partial charge in [-0.2, -0.15) is 13.2 Å². The van der Waals surface area contributed by atoms with Crippen LogP contribution in [-0.4, -0.2) is 49.5 Å². The van der Waals surface area contributed by atoms with E-state index in [-0.39, 0.29) is 5.11 Å². The quantitative estimate of drug-likeness (QED) is 0.580. The molecule has 3 nitrogen and oxygen atoms in total. The fourth-order valence-electron chi connectivity index (χ4n) is 1.11. The monoisotopic (exact) mass is 258 g/mol. The van der Waals surface area contributed by atoms with Crippen molar-refractivity contribution in [3.8, 4) is 0 Å². The molecule has 0 aromatic rings. The highest BCUT2D eigenvalue weighted by Gasteiger charge is 2.31. The molecule has 0 bridgehead atoms. The summed E-state index contributed by atoms with van der Waals surface area (Å²) < 4.78 is 41.4. The summed E-state index contributed by atoms with van der Waals surface area (Å²) in [7, 11) is 1.52. The van der Waals surface area contributed by atoms with Crippen LogP contribution in [0.1, 0.15) is 13.3 Å². The second-order valence-corrected chi connectivity index (χ2v) is 3.65. The van der Waals surface area contributed by atoms with Crippen LogP contribution in [0.5, 0.6) is 0 Å². The molecule has 0 rings (SSSR count). The molecule has 7 heteroatoms. The zero-order valence-corrected chi connectivity index (χ0v) is 10.2. The Morgan fingerprint density at radius 3 is 2.50 bits per heavy atom. The zero-order chi connectivity index (χ0) is 12.6. The lowest BCUT2D eigenvalue weighted by Crippen LogP contribution is -2.45. The van der Waals surface area contributed by atoms with E-state index in [0.29, 0.717) is 26.1 Å². The number of hydrogen-bond donors (Lipinski definition) is 1. The van der Waals surface area contributed by atoms with Crippen molar-refractivity contribution in [1.82, 2.24) is 10.2 Å². The highest BCUT2D eigenvalue weighted by atomic mass is 32.1. The Labute approximate surface area is 98.9 Å². The normalized spacial score (nSPS) is 11.3. The number of nitrogens with one attached hydrogen (secondary N) is 1. The van der Waals surface area contributed by atoms with Gasteiger partial charge >= 0.3 is 6.18 Å². The molecule has 1 N–H and O–H groups in total. The molecule has 0 heterocycles. The molecule has 0 aromatic carbocycles. The van der Waals surface area contributed by atoms with Gasteiger partial charge in [-0.15, -0.1) is 0 Å². The molecule has 0 aliphatic heterocycles. The second-order valence-electron chi connectivity index (χ2n) is 3.26. The number of alkyl halides is 3. The number of ether oxygens (including phenoxy) is 1. The van der Waals surface area contributed by atoms with Crippen LogP contribution in [-0.2, 0) is 4.74 Å². The largest absolute Gasteiger partial charge is 0.406 e. The number of methoxy groups -OCH3 is 1. The van der Waals surface area contributed by atoms with Crippen LogP contribution in [0.15, 0.2) is 0 Å². The number of thiocarbonyl (C=S) groups is 1. The average molecular weight is 258 g/mol. The lowest BCUT2D eigenvalue weighted by Gasteiger charge is -2.26. The van der Waals surface area contributed by atoms with E-state index in [1.165, 1.54) is 7.11 Å². The molecule has 0 spiro atoms. The molecular weight excluding hydrogens is 241 g/mol. The first-order chi connectivity index (χ1) is 7.40. The minimum absolute atomic E-state index is 0.122. The minimum Gasteiger partial charge on any atom is -0.383 e. The summed E-state index contributed by atoms with van der Waals surface area (Å²) in [6.07, 6.45) is -3.62. The summed E-state index contributed by atoms with van der Waals surface area (Å²) in [5, 5.41) is 2.84. The summed E-state index contributed by atoms with van der Waals surface area (Å²) >= 11 is 4.88. The van der Waals surface area contributed by atoms with Crippen LogP contribution in [0.25, 0.3) is 0 Å². The second kappa shape index (κ2) is 7.67. The van der Waals surface area contributed by atoms with Gasteiger partial charge in [-0.05, 0) is 18.6 Å². The van der Waals surface area contributed by atoms with E-state index in [0.717, 1.165) is 4.90 Å². The third-order valence-corrected chi connectivity index (χ3v) is 2.14. The predicted octanol–water partition coefficient (Wildman–Crippen LogP) is 1.78. The Kier molecular flexibility index (Phi) is 7.40. The van der Waals surface area contributed by atoms with Crippen molar-refractivity contribution >= 4 is 17.3 Å². The molecule has 0 unspecified atom stereocenters.